The lowest BCUT2D eigenvalue weighted by Gasteiger charge is -2.10. The Morgan fingerprint density at radius 3 is 2.50 bits per heavy atom. The summed E-state index contributed by atoms with van der Waals surface area (Å²) in [6.45, 7) is 0. The van der Waals surface area contributed by atoms with Gasteiger partial charge in [0.2, 0.25) is 0 Å². The minimum atomic E-state index is -4.30. The van der Waals surface area contributed by atoms with E-state index in [1.165, 1.54) is 6.07 Å². The number of benzene rings is 1. The Hall–Kier alpha value is -2.29. The van der Waals surface area contributed by atoms with Crippen LogP contribution in [0.3, 0.4) is 0 Å². The van der Waals surface area contributed by atoms with E-state index in [1.54, 1.807) is 4.72 Å². The zero-order valence-electron chi connectivity index (χ0n) is 10.3. The highest BCUT2D eigenvalue weighted by atomic mass is 32.2. The smallest absolute Gasteiger partial charge is 0.337 e. The molecular weight excluding hydrogens is 286 g/mol. The average molecular weight is 299 g/mol. The van der Waals surface area contributed by atoms with Crippen LogP contribution in [0.2, 0.25) is 0 Å². The summed E-state index contributed by atoms with van der Waals surface area (Å²) in [7, 11) is -4.30. The van der Waals surface area contributed by atoms with Crippen LogP contribution in [0, 0.1) is 0 Å². The van der Waals surface area contributed by atoms with Gasteiger partial charge in [-0.25, -0.2) is 22.7 Å². The Morgan fingerprint density at radius 1 is 1.30 bits per heavy atom. The quantitative estimate of drug-likeness (QED) is 0.582. The number of hydrogen-bond donors (Lipinski definition) is 4. The van der Waals surface area contributed by atoms with Gasteiger partial charge in [-0.3, -0.25) is 0 Å². The molecule has 8 nitrogen and oxygen atoms in total. The van der Waals surface area contributed by atoms with Crippen molar-refractivity contribution in [1.29, 1.82) is 0 Å². The molecule has 1 aromatic carbocycles. The van der Waals surface area contributed by atoms with Crippen LogP contribution >= 0.6 is 0 Å². The second-order valence-electron chi connectivity index (χ2n) is 4.41. The van der Waals surface area contributed by atoms with Crippen LogP contribution < -0.4 is 15.8 Å². The lowest BCUT2D eigenvalue weighted by Crippen LogP contribution is -2.40. The molecule has 1 aliphatic rings. The van der Waals surface area contributed by atoms with Gasteiger partial charge in [0.15, 0.2) is 0 Å². The van der Waals surface area contributed by atoms with Gasteiger partial charge in [-0.1, -0.05) is 0 Å². The van der Waals surface area contributed by atoms with E-state index >= 15 is 0 Å². The van der Waals surface area contributed by atoms with Crippen molar-refractivity contribution in [3.8, 4) is 0 Å². The number of carboxylic acid groups (broad SMARTS) is 1. The van der Waals surface area contributed by atoms with Gasteiger partial charge < -0.3 is 16.2 Å². The summed E-state index contributed by atoms with van der Waals surface area (Å²) in [6, 6.07) is 2.43. The summed E-state index contributed by atoms with van der Waals surface area (Å²) >= 11 is 0. The molecule has 0 spiro atoms. The maximum Gasteiger partial charge on any atom is 0.337 e. The summed E-state index contributed by atoms with van der Waals surface area (Å²) in [6.07, 6.45) is 1.60. The van der Waals surface area contributed by atoms with E-state index in [-0.39, 0.29) is 11.7 Å². The van der Waals surface area contributed by atoms with Crippen molar-refractivity contribution in [3.63, 3.8) is 0 Å². The minimum Gasteiger partial charge on any atom is -0.478 e. The number of aromatic carboxylic acids is 1. The molecular formula is C11H13N3O5S. The third-order valence-electron chi connectivity index (χ3n) is 2.67. The van der Waals surface area contributed by atoms with E-state index in [0.717, 1.165) is 25.0 Å². The standard InChI is InChI=1S/C11H13N3O5S/c12-6-1-4-8(10(15)16)9(5-6)20(18,19)14-11(17)13-7-2-3-7/h1,4-5,7H,2-3,12H2,(H,15,16)(H2,13,14,17). The number of carbonyl (C=O) groups excluding carboxylic acids is 1. The fourth-order valence-electron chi connectivity index (χ4n) is 1.56. The number of amides is 2. The number of nitrogens with two attached hydrogens (primary N) is 1. The molecule has 0 saturated heterocycles. The van der Waals surface area contributed by atoms with Gasteiger partial charge >= 0.3 is 12.0 Å². The summed E-state index contributed by atoms with van der Waals surface area (Å²) < 4.78 is 25.8. The van der Waals surface area contributed by atoms with Gasteiger partial charge in [-0.15, -0.1) is 0 Å². The second-order valence-corrected chi connectivity index (χ2v) is 6.06. The van der Waals surface area contributed by atoms with Gasteiger partial charge in [-0.2, -0.15) is 0 Å². The number of rotatable bonds is 4. The Bertz CT molecular complexity index is 667. The fraction of sp³-hybridized carbons (Fsp3) is 0.273. The predicted octanol–water partition coefficient (Wildman–Crippen LogP) is 0.117. The van der Waals surface area contributed by atoms with Crippen molar-refractivity contribution in [1.82, 2.24) is 10.0 Å². The van der Waals surface area contributed by atoms with Gasteiger partial charge in [0.05, 0.1) is 5.56 Å². The van der Waals surface area contributed by atoms with Crippen LogP contribution in [-0.4, -0.2) is 31.6 Å². The third kappa shape index (κ3) is 3.18. The number of carboxylic acids is 1. The highest BCUT2D eigenvalue weighted by Crippen LogP contribution is 2.20. The number of nitrogen functional groups attached to an aromatic ring is 1. The third-order valence-corrected chi connectivity index (χ3v) is 4.04. The Labute approximate surface area is 115 Å². The number of hydrogen-bond acceptors (Lipinski definition) is 5. The van der Waals surface area contributed by atoms with Gasteiger partial charge in [0.25, 0.3) is 10.0 Å². The second kappa shape index (κ2) is 5.00. The first kappa shape index (κ1) is 14.1. The number of urea groups is 1. The summed E-state index contributed by atoms with van der Waals surface area (Å²) in [4.78, 5) is 21.9. The van der Waals surface area contributed by atoms with Crippen molar-refractivity contribution in [2.24, 2.45) is 0 Å². The van der Waals surface area contributed by atoms with Crippen molar-refractivity contribution in [2.45, 2.75) is 23.8 Å². The highest BCUT2D eigenvalue weighted by Gasteiger charge is 2.28. The first-order valence-corrected chi connectivity index (χ1v) is 7.24. The van der Waals surface area contributed by atoms with Crippen molar-refractivity contribution in [2.75, 3.05) is 5.73 Å². The van der Waals surface area contributed by atoms with Crippen molar-refractivity contribution in [3.05, 3.63) is 23.8 Å². The normalized spacial score (nSPS) is 14.6. The molecule has 0 bridgehead atoms. The molecule has 0 atom stereocenters. The summed E-state index contributed by atoms with van der Waals surface area (Å²) in [5.74, 6) is -1.42. The number of anilines is 1. The molecule has 9 heteroatoms. The van der Waals surface area contributed by atoms with Crippen LogP contribution in [0.4, 0.5) is 10.5 Å². The van der Waals surface area contributed by atoms with Crippen LogP contribution in [0.15, 0.2) is 23.1 Å². The molecule has 0 aromatic heterocycles. The molecule has 0 unspecified atom stereocenters. The SMILES string of the molecule is Nc1ccc(C(=O)O)c(S(=O)(=O)NC(=O)NC2CC2)c1. The topological polar surface area (TPSA) is 139 Å². The van der Waals surface area contributed by atoms with E-state index < -0.39 is 32.5 Å². The molecule has 20 heavy (non-hydrogen) atoms. The Balaban J connectivity index is 2.30. The molecule has 5 N–H and O–H groups in total. The molecule has 2 rings (SSSR count). The fourth-order valence-corrected chi connectivity index (χ4v) is 2.71. The predicted molar refractivity (Wildman–Crippen MR) is 69.7 cm³/mol. The molecule has 2 amide bonds. The number of carbonyl (C=O) groups is 2. The minimum absolute atomic E-state index is 0.0232. The first-order chi connectivity index (χ1) is 9.29. The number of sulfonamides is 1. The first-order valence-electron chi connectivity index (χ1n) is 5.76. The highest BCUT2D eigenvalue weighted by molar-refractivity contribution is 7.90. The molecule has 0 radical (unpaired) electrons. The molecule has 0 aliphatic heterocycles. The molecule has 108 valence electrons. The largest absolute Gasteiger partial charge is 0.478 e. The van der Waals surface area contributed by atoms with Crippen LogP contribution in [0.25, 0.3) is 0 Å². The Kier molecular flexibility index (Phi) is 3.53. The van der Waals surface area contributed by atoms with Gasteiger partial charge in [-0.05, 0) is 31.0 Å². The van der Waals surface area contributed by atoms with Crippen molar-refractivity contribution >= 4 is 27.7 Å². The zero-order valence-corrected chi connectivity index (χ0v) is 11.1. The van der Waals surface area contributed by atoms with E-state index in [9.17, 15) is 18.0 Å². The van der Waals surface area contributed by atoms with Crippen LogP contribution in [0.5, 0.6) is 0 Å². The Morgan fingerprint density at radius 2 is 1.95 bits per heavy atom. The molecule has 1 saturated carbocycles. The van der Waals surface area contributed by atoms with E-state index in [4.69, 9.17) is 10.8 Å². The molecule has 1 aromatic rings. The lowest BCUT2D eigenvalue weighted by atomic mass is 10.2. The zero-order chi connectivity index (χ0) is 14.9. The van der Waals surface area contributed by atoms with Crippen LogP contribution in [-0.2, 0) is 10.0 Å². The van der Waals surface area contributed by atoms with E-state index in [2.05, 4.69) is 5.32 Å². The maximum atomic E-state index is 12.0. The average Bonchev–Trinajstić information content (AvgIpc) is 3.11. The van der Waals surface area contributed by atoms with E-state index in [0.29, 0.717) is 0 Å². The molecule has 1 aliphatic carbocycles. The van der Waals surface area contributed by atoms with Gasteiger partial charge in [0, 0.05) is 11.7 Å². The lowest BCUT2D eigenvalue weighted by molar-refractivity contribution is 0.0692. The van der Waals surface area contributed by atoms with Gasteiger partial charge in [0.1, 0.15) is 4.90 Å². The molecule has 1 fully saturated rings. The van der Waals surface area contributed by atoms with Crippen molar-refractivity contribution < 1.29 is 23.1 Å². The molecule has 0 heterocycles. The van der Waals surface area contributed by atoms with E-state index in [1.807, 2.05) is 0 Å². The maximum absolute atomic E-state index is 12.0. The monoisotopic (exact) mass is 299 g/mol. The summed E-state index contributed by atoms with van der Waals surface area (Å²) in [5, 5.41) is 11.4. The number of nitrogens with one attached hydrogen (secondary N) is 2. The summed E-state index contributed by atoms with van der Waals surface area (Å²) in [5.41, 5.74) is 5.09. The van der Waals surface area contributed by atoms with Crippen LogP contribution in [0.1, 0.15) is 23.2 Å².